The molecular formula is C25H31N3O4S3. The monoisotopic (exact) mass is 533 g/mol. The van der Waals surface area contributed by atoms with Gasteiger partial charge < -0.3 is 0 Å². The number of rotatable bonds is 6. The third kappa shape index (κ3) is 5.17. The van der Waals surface area contributed by atoms with Gasteiger partial charge in [-0.3, -0.25) is 0 Å². The summed E-state index contributed by atoms with van der Waals surface area (Å²) >= 11 is 1.68. The van der Waals surface area contributed by atoms with E-state index < -0.39 is 20.0 Å². The van der Waals surface area contributed by atoms with Crippen molar-refractivity contribution in [3.63, 3.8) is 0 Å². The molecule has 5 rings (SSSR count). The number of para-hydroxylation sites is 1. The number of benzene rings is 2. The van der Waals surface area contributed by atoms with Crippen molar-refractivity contribution in [2.45, 2.75) is 67.2 Å². The Bertz CT molecular complexity index is 1360. The van der Waals surface area contributed by atoms with E-state index in [1.54, 1.807) is 11.3 Å². The fourth-order valence-corrected chi connectivity index (χ4v) is 9.09. The molecule has 0 bridgehead atoms. The topological polar surface area (TPSA) is 96.4 Å². The van der Waals surface area contributed by atoms with Crippen molar-refractivity contribution in [3.8, 4) is 0 Å². The van der Waals surface area contributed by atoms with Gasteiger partial charge in [0, 0.05) is 25.0 Å². The largest absolute Gasteiger partial charge is 0.243 e. The van der Waals surface area contributed by atoms with Crippen LogP contribution in [0.2, 0.25) is 0 Å². The van der Waals surface area contributed by atoms with E-state index in [0.717, 1.165) is 53.7 Å². The molecule has 2 atom stereocenters. The fraction of sp³-hybridized carbons (Fsp3) is 0.480. The first-order chi connectivity index (χ1) is 16.7. The zero-order valence-electron chi connectivity index (χ0n) is 19.8. The van der Waals surface area contributed by atoms with Gasteiger partial charge in [-0.1, -0.05) is 31.9 Å². The van der Waals surface area contributed by atoms with Crippen LogP contribution < -0.4 is 4.72 Å². The van der Waals surface area contributed by atoms with Gasteiger partial charge in [-0.2, -0.15) is 4.31 Å². The van der Waals surface area contributed by atoms with E-state index in [9.17, 15) is 16.8 Å². The maximum Gasteiger partial charge on any atom is 0.243 e. The summed E-state index contributed by atoms with van der Waals surface area (Å²) in [6.07, 6.45) is 5.43. The van der Waals surface area contributed by atoms with Crippen molar-refractivity contribution in [2.75, 3.05) is 13.1 Å². The van der Waals surface area contributed by atoms with E-state index in [4.69, 9.17) is 4.98 Å². The second-order valence-corrected chi connectivity index (χ2v) is 14.4. The molecule has 1 saturated carbocycles. The number of nitrogens with one attached hydrogen (secondary N) is 1. The Morgan fingerprint density at radius 2 is 1.54 bits per heavy atom. The fourth-order valence-electron chi connectivity index (χ4n) is 5.11. The first-order valence-corrected chi connectivity index (χ1v) is 16.0. The highest BCUT2D eigenvalue weighted by atomic mass is 32.2. The molecule has 188 valence electrons. The molecule has 1 aliphatic heterocycles. The molecule has 2 fully saturated rings. The third-order valence-corrected chi connectivity index (χ3v) is 11.9. The van der Waals surface area contributed by atoms with Crippen LogP contribution in [-0.4, -0.2) is 45.3 Å². The van der Waals surface area contributed by atoms with Crippen molar-refractivity contribution in [3.05, 3.63) is 53.5 Å². The lowest BCUT2D eigenvalue weighted by Crippen LogP contribution is -2.41. The van der Waals surface area contributed by atoms with Crippen LogP contribution in [0.15, 0.2) is 58.3 Å². The van der Waals surface area contributed by atoms with E-state index in [1.807, 2.05) is 18.2 Å². The average Bonchev–Trinajstić information content (AvgIpc) is 3.30. The van der Waals surface area contributed by atoms with Crippen molar-refractivity contribution in [1.82, 2.24) is 14.0 Å². The van der Waals surface area contributed by atoms with Gasteiger partial charge >= 0.3 is 0 Å². The number of aromatic nitrogens is 1. The number of fused-ring (bicyclic) bond motifs is 1. The number of thiazole rings is 1. The van der Waals surface area contributed by atoms with Gasteiger partial charge in [0.05, 0.1) is 25.0 Å². The van der Waals surface area contributed by atoms with Crippen LogP contribution in [-0.2, 0) is 20.0 Å². The van der Waals surface area contributed by atoms with Crippen molar-refractivity contribution < 1.29 is 16.8 Å². The molecular weight excluding hydrogens is 502 g/mol. The number of nitrogens with zero attached hydrogens (tertiary/aromatic N) is 2. The molecule has 7 nitrogen and oxygen atoms in total. The summed E-state index contributed by atoms with van der Waals surface area (Å²) in [5.41, 5.74) is 0.991. The molecule has 1 saturated heterocycles. The second kappa shape index (κ2) is 9.89. The maximum atomic E-state index is 13.2. The molecule has 0 radical (unpaired) electrons. The van der Waals surface area contributed by atoms with E-state index >= 15 is 0 Å². The average molecular weight is 534 g/mol. The molecule has 1 N–H and O–H groups in total. The van der Waals surface area contributed by atoms with Crippen LogP contribution in [0, 0.1) is 5.92 Å². The predicted octanol–water partition coefficient (Wildman–Crippen LogP) is 4.72. The standard InChI is InChI=1S/C25H31N3O4S3/c1-18-6-2-3-7-22(18)27-34(29,30)20-10-12-21(13-11-20)35(31,32)28-16-14-19(15-17-28)25-26-23-8-4-5-9-24(23)33-25/h4-5,8-13,18-19,22,27H,2-3,6-7,14-17H2,1H3/t18-,22-/m0/s1. The lowest BCUT2D eigenvalue weighted by Gasteiger charge is -2.30. The lowest BCUT2D eigenvalue weighted by atomic mass is 9.87. The summed E-state index contributed by atoms with van der Waals surface area (Å²) in [5.74, 6) is 0.545. The Morgan fingerprint density at radius 1 is 0.886 bits per heavy atom. The predicted molar refractivity (Wildman–Crippen MR) is 139 cm³/mol. The molecule has 2 heterocycles. The van der Waals surface area contributed by atoms with Crippen LogP contribution in [0.4, 0.5) is 0 Å². The maximum absolute atomic E-state index is 13.2. The van der Waals surface area contributed by atoms with Crippen LogP contribution >= 0.6 is 11.3 Å². The van der Waals surface area contributed by atoms with Crippen molar-refractivity contribution >= 4 is 41.6 Å². The molecule has 2 aromatic carbocycles. The molecule has 1 aromatic heterocycles. The second-order valence-electron chi connectivity index (χ2n) is 9.66. The van der Waals surface area contributed by atoms with Crippen LogP contribution in [0.1, 0.15) is 56.4 Å². The minimum atomic E-state index is -3.69. The van der Waals surface area contributed by atoms with Crippen LogP contribution in [0.3, 0.4) is 0 Å². The number of sulfonamides is 2. The van der Waals surface area contributed by atoms with Crippen molar-refractivity contribution in [2.24, 2.45) is 5.92 Å². The molecule has 0 amide bonds. The minimum Gasteiger partial charge on any atom is -0.241 e. The van der Waals surface area contributed by atoms with Crippen molar-refractivity contribution in [1.29, 1.82) is 0 Å². The summed E-state index contributed by atoms with van der Waals surface area (Å²) < 4.78 is 57.7. The Morgan fingerprint density at radius 3 is 2.23 bits per heavy atom. The first-order valence-electron chi connectivity index (χ1n) is 12.2. The zero-order chi connectivity index (χ0) is 24.6. The highest BCUT2D eigenvalue weighted by Crippen LogP contribution is 2.35. The Kier molecular flexibility index (Phi) is 7.02. The summed E-state index contributed by atoms with van der Waals surface area (Å²) in [6, 6.07) is 13.6. The SMILES string of the molecule is C[C@H]1CCCC[C@@H]1NS(=O)(=O)c1ccc(S(=O)(=O)N2CCC(c3nc4ccccc4s3)CC2)cc1. The highest BCUT2D eigenvalue weighted by Gasteiger charge is 2.32. The Balaban J connectivity index is 1.25. The van der Waals surface area contributed by atoms with Gasteiger partial charge in [0.2, 0.25) is 20.0 Å². The van der Waals surface area contributed by atoms with Gasteiger partial charge in [-0.15, -0.1) is 11.3 Å². The Hall–Kier alpha value is -1.85. The summed E-state index contributed by atoms with van der Waals surface area (Å²) in [4.78, 5) is 4.98. The van der Waals surface area contributed by atoms with E-state index in [-0.39, 0.29) is 21.8 Å². The number of hydrogen-bond donors (Lipinski definition) is 1. The lowest BCUT2D eigenvalue weighted by molar-refractivity contribution is 0.310. The summed E-state index contributed by atoms with van der Waals surface area (Å²) in [6.45, 7) is 2.91. The highest BCUT2D eigenvalue weighted by molar-refractivity contribution is 7.89. The number of piperidine rings is 1. The van der Waals surface area contributed by atoms with Crippen LogP contribution in [0.25, 0.3) is 10.2 Å². The van der Waals surface area contributed by atoms with Gasteiger partial charge in [-0.05, 0) is 68.0 Å². The smallest absolute Gasteiger partial charge is 0.241 e. The zero-order valence-corrected chi connectivity index (χ0v) is 22.2. The molecule has 10 heteroatoms. The van der Waals surface area contributed by atoms with Gasteiger partial charge in [0.1, 0.15) is 0 Å². The quantitative estimate of drug-likeness (QED) is 0.495. The van der Waals surface area contributed by atoms with E-state index in [0.29, 0.717) is 19.0 Å². The van der Waals surface area contributed by atoms with Gasteiger partial charge in [0.15, 0.2) is 0 Å². The summed E-state index contributed by atoms with van der Waals surface area (Å²) in [7, 11) is -7.38. The normalized spacial score (nSPS) is 23.0. The van der Waals surface area contributed by atoms with Gasteiger partial charge in [-0.25, -0.2) is 26.5 Å². The third-order valence-electron chi connectivity index (χ3n) is 7.30. The molecule has 3 aromatic rings. The molecule has 1 aliphatic carbocycles. The number of hydrogen-bond acceptors (Lipinski definition) is 6. The van der Waals surface area contributed by atoms with Gasteiger partial charge in [0.25, 0.3) is 0 Å². The molecule has 35 heavy (non-hydrogen) atoms. The van der Waals surface area contributed by atoms with E-state index in [1.165, 1.54) is 28.6 Å². The Labute approximate surface area is 211 Å². The van der Waals surface area contributed by atoms with Crippen LogP contribution in [0.5, 0.6) is 0 Å². The summed E-state index contributed by atoms with van der Waals surface area (Å²) in [5, 5.41) is 1.07. The molecule has 0 spiro atoms. The molecule has 0 unspecified atom stereocenters. The van der Waals surface area contributed by atoms with E-state index in [2.05, 4.69) is 17.7 Å². The minimum absolute atomic E-state index is 0.0751. The molecule has 2 aliphatic rings. The first kappa shape index (κ1) is 24.8.